The second-order valence-corrected chi connectivity index (χ2v) is 4.53. The third-order valence-electron chi connectivity index (χ3n) is 2.70. The first-order valence-electron chi connectivity index (χ1n) is 5.73. The Labute approximate surface area is 118 Å². The Morgan fingerprint density at radius 2 is 1.85 bits per heavy atom. The zero-order valence-electron chi connectivity index (χ0n) is 10.1. The van der Waals surface area contributed by atoms with Gasteiger partial charge in [0.1, 0.15) is 22.0 Å². The van der Waals surface area contributed by atoms with Crippen molar-refractivity contribution >= 4 is 40.6 Å². The van der Waals surface area contributed by atoms with Crippen molar-refractivity contribution in [2.24, 2.45) is 0 Å². The highest BCUT2D eigenvalue weighted by Gasteiger charge is 2.10. The van der Waals surface area contributed by atoms with Crippen LogP contribution in [0.3, 0.4) is 0 Å². The fourth-order valence-corrected chi connectivity index (χ4v) is 1.99. The topological polar surface area (TPSA) is 69.4 Å². The highest BCUT2D eigenvalue weighted by molar-refractivity contribution is 6.31. The molecule has 1 aromatic carbocycles. The van der Waals surface area contributed by atoms with Gasteiger partial charge in [0.15, 0.2) is 0 Å². The van der Waals surface area contributed by atoms with E-state index in [9.17, 15) is 10.1 Å². The minimum Gasteiger partial charge on any atom is -0.457 e. The first kappa shape index (κ1) is 12.5. The Morgan fingerprint density at radius 1 is 1.05 bits per heavy atom. The summed E-state index contributed by atoms with van der Waals surface area (Å²) in [5, 5.41) is 12.0. The second-order valence-electron chi connectivity index (χ2n) is 4.10. The van der Waals surface area contributed by atoms with Gasteiger partial charge in [-0.15, -0.1) is 0 Å². The molecule has 0 fully saturated rings. The van der Waals surface area contributed by atoms with Crippen LogP contribution in [-0.2, 0) is 0 Å². The van der Waals surface area contributed by atoms with Gasteiger partial charge in [-0.25, -0.2) is 0 Å². The van der Waals surface area contributed by atoms with Crippen LogP contribution in [0.2, 0.25) is 5.02 Å². The van der Waals surface area contributed by atoms with Crippen LogP contribution in [0.1, 0.15) is 11.5 Å². The van der Waals surface area contributed by atoms with E-state index < -0.39 is 4.92 Å². The molecule has 0 amide bonds. The van der Waals surface area contributed by atoms with Crippen LogP contribution in [0.5, 0.6) is 0 Å². The Bertz CT molecular complexity index is 816. The Morgan fingerprint density at radius 3 is 2.60 bits per heavy atom. The van der Waals surface area contributed by atoms with Crippen LogP contribution >= 0.6 is 11.6 Å². The molecule has 0 unspecified atom stereocenters. The highest BCUT2D eigenvalue weighted by Crippen LogP contribution is 2.24. The molecule has 0 N–H and O–H groups in total. The smallest absolute Gasteiger partial charge is 0.433 e. The number of furan rings is 2. The van der Waals surface area contributed by atoms with Crippen molar-refractivity contribution in [2.75, 3.05) is 0 Å². The molecule has 100 valence electrons. The molecule has 6 heteroatoms. The molecule has 3 rings (SSSR count). The number of fused-ring (bicyclic) bond motifs is 1. The molecule has 0 aliphatic heterocycles. The minimum absolute atomic E-state index is 0.291. The van der Waals surface area contributed by atoms with E-state index in [0.717, 1.165) is 11.0 Å². The molecule has 20 heavy (non-hydrogen) atoms. The van der Waals surface area contributed by atoms with Gasteiger partial charge in [-0.05, 0) is 42.5 Å². The van der Waals surface area contributed by atoms with Crippen molar-refractivity contribution in [3.8, 4) is 0 Å². The summed E-state index contributed by atoms with van der Waals surface area (Å²) >= 11 is 5.89. The maximum Gasteiger partial charge on any atom is 0.433 e. The fraction of sp³-hybridized carbons (Fsp3) is 0. The summed E-state index contributed by atoms with van der Waals surface area (Å²) in [6, 6.07) is 9.99. The lowest BCUT2D eigenvalue weighted by Crippen LogP contribution is -1.82. The van der Waals surface area contributed by atoms with E-state index in [-0.39, 0.29) is 5.88 Å². The van der Waals surface area contributed by atoms with Crippen molar-refractivity contribution in [3.63, 3.8) is 0 Å². The number of rotatable bonds is 3. The van der Waals surface area contributed by atoms with Gasteiger partial charge in [-0.1, -0.05) is 11.6 Å². The predicted molar refractivity (Wildman–Crippen MR) is 75.5 cm³/mol. The third kappa shape index (κ3) is 2.44. The summed E-state index contributed by atoms with van der Waals surface area (Å²) in [5.41, 5.74) is 0.722. The van der Waals surface area contributed by atoms with Gasteiger partial charge in [0, 0.05) is 10.4 Å². The van der Waals surface area contributed by atoms with Crippen LogP contribution in [0.15, 0.2) is 45.2 Å². The SMILES string of the molecule is O=[N+]([O-])c1ccc(C=Cc2cc3cc(Cl)ccc3o2)o1. The van der Waals surface area contributed by atoms with Crippen LogP contribution in [0, 0.1) is 10.1 Å². The van der Waals surface area contributed by atoms with Crippen LogP contribution in [0.25, 0.3) is 23.1 Å². The lowest BCUT2D eigenvalue weighted by molar-refractivity contribution is -0.402. The number of nitrogens with zero attached hydrogens (tertiary/aromatic N) is 1. The first-order chi connectivity index (χ1) is 9.61. The molecule has 5 nitrogen and oxygen atoms in total. The standard InChI is InChI=1S/C14H8ClNO4/c15-10-1-5-13-9(7-10)8-12(19-13)3-2-11-4-6-14(20-11)16(17)18/h1-8H. The lowest BCUT2D eigenvalue weighted by Gasteiger charge is -1.87. The van der Waals surface area contributed by atoms with Gasteiger partial charge in [0.2, 0.25) is 0 Å². The van der Waals surface area contributed by atoms with Crippen molar-refractivity contribution < 1.29 is 13.8 Å². The summed E-state index contributed by atoms with van der Waals surface area (Å²) < 4.78 is 10.6. The first-order valence-corrected chi connectivity index (χ1v) is 6.11. The Kier molecular flexibility index (Phi) is 3.04. The second kappa shape index (κ2) is 4.86. The van der Waals surface area contributed by atoms with Crippen molar-refractivity contribution in [1.82, 2.24) is 0 Å². The van der Waals surface area contributed by atoms with Gasteiger partial charge >= 0.3 is 5.88 Å². The van der Waals surface area contributed by atoms with E-state index in [4.69, 9.17) is 20.4 Å². The molecule has 0 saturated carbocycles. The maximum atomic E-state index is 10.5. The molecule has 0 saturated heterocycles. The number of nitro groups is 1. The molecule has 0 spiro atoms. The normalized spacial score (nSPS) is 11.4. The van der Waals surface area contributed by atoms with Crippen molar-refractivity contribution in [2.45, 2.75) is 0 Å². The summed E-state index contributed by atoms with van der Waals surface area (Å²) in [7, 11) is 0. The van der Waals surface area contributed by atoms with E-state index >= 15 is 0 Å². The summed E-state index contributed by atoms with van der Waals surface area (Å²) in [6.45, 7) is 0. The zero-order valence-corrected chi connectivity index (χ0v) is 10.8. The van der Waals surface area contributed by atoms with Gasteiger partial charge < -0.3 is 8.83 Å². The van der Waals surface area contributed by atoms with E-state index in [1.54, 1.807) is 30.4 Å². The van der Waals surface area contributed by atoms with Crippen LogP contribution in [-0.4, -0.2) is 4.92 Å². The monoisotopic (exact) mass is 289 g/mol. The molecule has 0 aliphatic carbocycles. The van der Waals surface area contributed by atoms with Crippen LogP contribution < -0.4 is 0 Å². The Hall–Kier alpha value is -2.53. The lowest BCUT2D eigenvalue weighted by atomic mass is 10.2. The molecule has 3 aromatic rings. The van der Waals surface area contributed by atoms with E-state index in [2.05, 4.69) is 0 Å². The van der Waals surface area contributed by atoms with Gasteiger partial charge in [-0.2, -0.15) is 0 Å². The van der Waals surface area contributed by atoms with E-state index in [1.165, 1.54) is 12.1 Å². The average molecular weight is 290 g/mol. The molecule has 0 aliphatic rings. The quantitative estimate of drug-likeness (QED) is 0.515. The summed E-state index contributed by atoms with van der Waals surface area (Å²) in [4.78, 5) is 9.91. The molecule has 2 aromatic heterocycles. The summed E-state index contributed by atoms with van der Waals surface area (Å²) in [5.74, 6) is 0.706. The molecular formula is C14H8ClNO4. The average Bonchev–Trinajstić information content (AvgIpc) is 3.01. The minimum atomic E-state index is -0.583. The summed E-state index contributed by atoms with van der Waals surface area (Å²) in [6.07, 6.45) is 3.28. The van der Waals surface area contributed by atoms with Gasteiger partial charge in [0.05, 0.1) is 6.07 Å². The largest absolute Gasteiger partial charge is 0.457 e. The molecule has 0 radical (unpaired) electrons. The van der Waals surface area contributed by atoms with E-state index in [1.807, 2.05) is 6.07 Å². The number of hydrogen-bond acceptors (Lipinski definition) is 4. The number of halogens is 1. The van der Waals surface area contributed by atoms with Crippen LogP contribution in [0.4, 0.5) is 5.88 Å². The number of hydrogen-bond donors (Lipinski definition) is 0. The third-order valence-corrected chi connectivity index (χ3v) is 2.94. The van der Waals surface area contributed by atoms with Crippen molar-refractivity contribution in [1.29, 1.82) is 0 Å². The maximum absolute atomic E-state index is 10.5. The van der Waals surface area contributed by atoms with Gasteiger partial charge in [-0.3, -0.25) is 10.1 Å². The van der Waals surface area contributed by atoms with Gasteiger partial charge in [0.25, 0.3) is 0 Å². The number of benzene rings is 1. The van der Waals surface area contributed by atoms with Crippen molar-refractivity contribution in [3.05, 3.63) is 63.1 Å². The molecule has 0 bridgehead atoms. The predicted octanol–water partition coefficient (Wildman–Crippen LogP) is 4.76. The molecule has 0 atom stereocenters. The fourth-order valence-electron chi connectivity index (χ4n) is 1.81. The molecule has 2 heterocycles. The highest BCUT2D eigenvalue weighted by atomic mass is 35.5. The van der Waals surface area contributed by atoms with E-state index in [0.29, 0.717) is 16.5 Å². The Balaban J connectivity index is 1.87. The zero-order chi connectivity index (χ0) is 14.1. The molecular weight excluding hydrogens is 282 g/mol.